The van der Waals surface area contributed by atoms with Crippen LogP contribution in [0.3, 0.4) is 0 Å². The second-order valence-corrected chi connectivity index (χ2v) is 5.16. The van der Waals surface area contributed by atoms with E-state index in [4.69, 9.17) is 4.74 Å². The Hall–Kier alpha value is -0.970. The van der Waals surface area contributed by atoms with Crippen molar-refractivity contribution in [3.05, 3.63) is 35.6 Å². The van der Waals surface area contributed by atoms with E-state index in [1.54, 1.807) is 19.2 Å². The average molecular weight is 267 g/mol. The molecule has 19 heavy (non-hydrogen) atoms. The van der Waals surface area contributed by atoms with Gasteiger partial charge in [0.25, 0.3) is 0 Å². The van der Waals surface area contributed by atoms with E-state index < -0.39 is 6.10 Å². The SMILES string of the molecule is COC1CCCN(CCC(O)c2cccc(F)c2)C1. The van der Waals surface area contributed by atoms with Crippen molar-refractivity contribution < 1.29 is 14.2 Å². The van der Waals surface area contributed by atoms with Crippen LogP contribution in [0.25, 0.3) is 0 Å². The van der Waals surface area contributed by atoms with Crippen LogP contribution < -0.4 is 0 Å². The minimum absolute atomic E-state index is 0.297. The van der Waals surface area contributed by atoms with Crippen LogP contribution in [-0.2, 0) is 4.74 Å². The maximum absolute atomic E-state index is 13.1. The third kappa shape index (κ3) is 4.27. The zero-order valence-corrected chi connectivity index (χ0v) is 11.4. The van der Waals surface area contributed by atoms with E-state index in [1.165, 1.54) is 12.1 Å². The summed E-state index contributed by atoms with van der Waals surface area (Å²) in [4.78, 5) is 2.31. The number of aliphatic hydroxyl groups is 1. The maximum atomic E-state index is 13.1. The van der Waals surface area contributed by atoms with Crippen molar-refractivity contribution >= 4 is 0 Å². The molecule has 0 saturated carbocycles. The minimum atomic E-state index is -0.598. The topological polar surface area (TPSA) is 32.7 Å². The first-order valence-corrected chi connectivity index (χ1v) is 6.87. The molecule has 1 fully saturated rings. The Morgan fingerprint density at radius 3 is 3.11 bits per heavy atom. The Morgan fingerprint density at radius 2 is 2.37 bits per heavy atom. The van der Waals surface area contributed by atoms with Crippen molar-refractivity contribution in [2.24, 2.45) is 0 Å². The molecule has 4 heteroatoms. The molecule has 1 aromatic rings. The third-order valence-electron chi connectivity index (χ3n) is 3.75. The number of nitrogens with zero attached hydrogens (tertiary/aromatic N) is 1. The number of hydrogen-bond donors (Lipinski definition) is 1. The predicted molar refractivity (Wildman–Crippen MR) is 72.4 cm³/mol. The Labute approximate surface area is 114 Å². The Morgan fingerprint density at radius 1 is 1.53 bits per heavy atom. The van der Waals surface area contributed by atoms with Gasteiger partial charge in [-0.1, -0.05) is 12.1 Å². The number of benzene rings is 1. The molecule has 2 rings (SSSR count). The molecule has 106 valence electrons. The van der Waals surface area contributed by atoms with Crippen LogP contribution >= 0.6 is 0 Å². The largest absolute Gasteiger partial charge is 0.388 e. The summed E-state index contributed by atoms with van der Waals surface area (Å²) in [7, 11) is 1.75. The van der Waals surface area contributed by atoms with Crippen LogP contribution in [-0.4, -0.2) is 42.9 Å². The van der Waals surface area contributed by atoms with Crippen LogP contribution in [0.1, 0.15) is 30.9 Å². The number of hydrogen-bond acceptors (Lipinski definition) is 3. The van der Waals surface area contributed by atoms with Gasteiger partial charge in [0.2, 0.25) is 0 Å². The van der Waals surface area contributed by atoms with Crippen LogP contribution in [0.2, 0.25) is 0 Å². The van der Waals surface area contributed by atoms with Crippen LogP contribution in [0.4, 0.5) is 4.39 Å². The van der Waals surface area contributed by atoms with Crippen molar-refractivity contribution in [2.75, 3.05) is 26.7 Å². The summed E-state index contributed by atoms with van der Waals surface area (Å²) >= 11 is 0. The van der Waals surface area contributed by atoms with Gasteiger partial charge < -0.3 is 14.7 Å². The highest BCUT2D eigenvalue weighted by Crippen LogP contribution is 2.19. The van der Waals surface area contributed by atoms with E-state index in [2.05, 4.69) is 4.90 Å². The molecule has 1 saturated heterocycles. The van der Waals surface area contributed by atoms with Gasteiger partial charge in [-0.05, 0) is 43.5 Å². The fraction of sp³-hybridized carbons (Fsp3) is 0.600. The van der Waals surface area contributed by atoms with Crippen molar-refractivity contribution in [3.8, 4) is 0 Å². The zero-order chi connectivity index (χ0) is 13.7. The van der Waals surface area contributed by atoms with E-state index in [-0.39, 0.29) is 5.82 Å². The molecule has 0 bridgehead atoms. The molecule has 1 heterocycles. The van der Waals surface area contributed by atoms with Gasteiger partial charge in [-0.25, -0.2) is 4.39 Å². The lowest BCUT2D eigenvalue weighted by Crippen LogP contribution is -2.40. The average Bonchev–Trinajstić information content (AvgIpc) is 2.45. The van der Waals surface area contributed by atoms with Crippen LogP contribution in [0.15, 0.2) is 24.3 Å². The lowest BCUT2D eigenvalue weighted by molar-refractivity contribution is 0.0255. The summed E-state index contributed by atoms with van der Waals surface area (Å²) in [6.45, 7) is 2.79. The third-order valence-corrected chi connectivity index (χ3v) is 3.75. The van der Waals surface area contributed by atoms with E-state index in [0.717, 1.165) is 32.5 Å². The minimum Gasteiger partial charge on any atom is -0.388 e. The van der Waals surface area contributed by atoms with Gasteiger partial charge in [0, 0.05) is 20.2 Å². The smallest absolute Gasteiger partial charge is 0.123 e. The summed E-state index contributed by atoms with van der Waals surface area (Å²) < 4.78 is 18.5. The molecule has 2 unspecified atom stereocenters. The summed E-state index contributed by atoms with van der Waals surface area (Å²) in [6.07, 6.45) is 2.58. The first-order valence-electron chi connectivity index (χ1n) is 6.87. The Kier molecular flexibility index (Phi) is 5.31. The van der Waals surface area contributed by atoms with Gasteiger partial charge in [0.1, 0.15) is 5.82 Å². The fourth-order valence-corrected chi connectivity index (χ4v) is 2.59. The van der Waals surface area contributed by atoms with E-state index in [1.807, 2.05) is 0 Å². The summed E-state index contributed by atoms with van der Waals surface area (Å²) in [5.74, 6) is -0.297. The van der Waals surface area contributed by atoms with Gasteiger partial charge in [0.05, 0.1) is 12.2 Å². The van der Waals surface area contributed by atoms with E-state index in [0.29, 0.717) is 18.1 Å². The standard InChI is InChI=1S/C15H22FNO2/c1-19-14-6-3-8-17(11-14)9-7-15(18)12-4-2-5-13(16)10-12/h2,4-5,10,14-15,18H,3,6-9,11H2,1H3. The number of methoxy groups -OCH3 is 1. The van der Waals surface area contributed by atoms with Gasteiger partial charge >= 0.3 is 0 Å². The molecule has 0 amide bonds. The molecule has 0 aliphatic carbocycles. The van der Waals surface area contributed by atoms with Crippen molar-refractivity contribution in [1.82, 2.24) is 4.90 Å². The van der Waals surface area contributed by atoms with Crippen molar-refractivity contribution in [1.29, 1.82) is 0 Å². The fourth-order valence-electron chi connectivity index (χ4n) is 2.59. The van der Waals surface area contributed by atoms with Crippen molar-refractivity contribution in [2.45, 2.75) is 31.5 Å². The number of piperidine rings is 1. The Bertz CT molecular complexity index is 399. The van der Waals surface area contributed by atoms with Gasteiger partial charge in [-0.15, -0.1) is 0 Å². The number of ether oxygens (including phenoxy) is 1. The molecule has 0 aromatic heterocycles. The van der Waals surface area contributed by atoms with E-state index in [9.17, 15) is 9.50 Å². The highest BCUT2D eigenvalue weighted by atomic mass is 19.1. The molecule has 0 spiro atoms. The maximum Gasteiger partial charge on any atom is 0.123 e. The molecule has 2 atom stereocenters. The number of rotatable bonds is 5. The van der Waals surface area contributed by atoms with Crippen molar-refractivity contribution in [3.63, 3.8) is 0 Å². The monoisotopic (exact) mass is 267 g/mol. The molecule has 1 aliphatic rings. The molecule has 1 N–H and O–H groups in total. The number of likely N-dealkylation sites (tertiary alicyclic amines) is 1. The normalized spacial score (nSPS) is 22.4. The second kappa shape index (κ2) is 6.98. The molecular weight excluding hydrogens is 245 g/mol. The lowest BCUT2D eigenvalue weighted by atomic mass is 10.0. The van der Waals surface area contributed by atoms with Gasteiger partial charge in [0.15, 0.2) is 0 Å². The van der Waals surface area contributed by atoms with Gasteiger partial charge in [-0.3, -0.25) is 0 Å². The molecule has 1 aliphatic heterocycles. The first kappa shape index (κ1) is 14.4. The van der Waals surface area contributed by atoms with E-state index >= 15 is 0 Å². The quantitative estimate of drug-likeness (QED) is 0.889. The zero-order valence-electron chi connectivity index (χ0n) is 11.4. The summed E-state index contributed by atoms with van der Waals surface area (Å²) in [5, 5.41) is 10.1. The molecule has 3 nitrogen and oxygen atoms in total. The van der Waals surface area contributed by atoms with Gasteiger partial charge in [-0.2, -0.15) is 0 Å². The predicted octanol–water partition coefficient (Wildman–Crippen LogP) is 2.36. The highest BCUT2D eigenvalue weighted by Gasteiger charge is 2.20. The van der Waals surface area contributed by atoms with Crippen LogP contribution in [0, 0.1) is 5.82 Å². The molecule has 1 aromatic carbocycles. The number of aliphatic hydroxyl groups excluding tert-OH is 1. The number of halogens is 1. The summed E-state index contributed by atoms with van der Waals surface area (Å²) in [6, 6.07) is 6.19. The summed E-state index contributed by atoms with van der Waals surface area (Å²) in [5.41, 5.74) is 0.653. The first-order chi connectivity index (χ1) is 9.19. The second-order valence-electron chi connectivity index (χ2n) is 5.16. The molecular formula is C15H22FNO2. The highest BCUT2D eigenvalue weighted by molar-refractivity contribution is 5.18. The van der Waals surface area contributed by atoms with Crippen LogP contribution in [0.5, 0.6) is 0 Å². The molecule has 0 radical (unpaired) electrons. The lowest BCUT2D eigenvalue weighted by Gasteiger charge is -2.32. The Balaban J connectivity index is 1.81.